The first kappa shape index (κ1) is 15.0. The number of carboxylic acids is 1. The van der Waals surface area contributed by atoms with Gasteiger partial charge in [-0.25, -0.2) is 0 Å². The van der Waals surface area contributed by atoms with Crippen LogP contribution in [0.5, 0.6) is 0 Å². The number of hydrogen-bond donors (Lipinski definition) is 2. The van der Waals surface area contributed by atoms with E-state index >= 15 is 0 Å². The second kappa shape index (κ2) is 5.29. The fourth-order valence-corrected chi connectivity index (χ4v) is 2.47. The first-order valence-electron chi connectivity index (χ1n) is 6.72. The van der Waals surface area contributed by atoms with Gasteiger partial charge >= 0.3 is 5.97 Å². The second-order valence-corrected chi connectivity index (χ2v) is 6.61. The number of amides is 1. The van der Waals surface area contributed by atoms with Gasteiger partial charge in [-0.2, -0.15) is 0 Å². The Morgan fingerprint density at radius 2 is 1.89 bits per heavy atom. The molecule has 1 amide bonds. The van der Waals surface area contributed by atoms with Crippen molar-refractivity contribution in [3.63, 3.8) is 0 Å². The highest BCUT2D eigenvalue weighted by Gasteiger charge is 2.43. The Hall–Kier alpha value is -1.06. The van der Waals surface area contributed by atoms with Crippen molar-refractivity contribution < 1.29 is 14.7 Å². The fourth-order valence-electron chi connectivity index (χ4n) is 2.47. The number of nitrogens with one attached hydrogen (secondary N) is 1. The van der Waals surface area contributed by atoms with Crippen molar-refractivity contribution in [2.45, 2.75) is 53.4 Å². The van der Waals surface area contributed by atoms with Gasteiger partial charge in [-0.3, -0.25) is 9.59 Å². The summed E-state index contributed by atoms with van der Waals surface area (Å²) in [4.78, 5) is 23.2. The number of rotatable bonds is 6. The third kappa shape index (κ3) is 3.72. The van der Waals surface area contributed by atoms with Crippen molar-refractivity contribution in [3.05, 3.63) is 0 Å². The lowest BCUT2D eigenvalue weighted by Crippen LogP contribution is -2.44. The van der Waals surface area contributed by atoms with Crippen molar-refractivity contribution in [2.24, 2.45) is 16.7 Å². The minimum Gasteiger partial charge on any atom is -0.481 e. The summed E-state index contributed by atoms with van der Waals surface area (Å²) in [5, 5.41) is 12.0. The van der Waals surface area contributed by atoms with Gasteiger partial charge in [0.15, 0.2) is 0 Å². The molecule has 4 nitrogen and oxygen atoms in total. The van der Waals surface area contributed by atoms with Crippen molar-refractivity contribution in [1.82, 2.24) is 5.32 Å². The third-order valence-corrected chi connectivity index (χ3v) is 3.75. The van der Waals surface area contributed by atoms with Gasteiger partial charge in [-0.05, 0) is 30.1 Å². The van der Waals surface area contributed by atoms with E-state index in [0.29, 0.717) is 6.54 Å². The fraction of sp³-hybridized carbons (Fsp3) is 0.857. The van der Waals surface area contributed by atoms with E-state index in [1.807, 2.05) is 0 Å². The summed E-state index contributed by atoms with van der Waals surface area (Å²) in [5.74, 6) is -2.37. The average molecular weight is 255 g/mol. The molecule has 0 radical (unpaired) electrons. The summed E-state index contributed by atoms with van der Waals surface area (Å²) in [6.45, 7) is 8.11. The van der Waals surface area contributed by atoms with E-state index in [-0.39, 0.29) is 11.3 Å². The number of aliphatic carboxylic acids is 1. The Bertz CT molecular complexity index is 326. The Labute approximate surface area is 109 Å². The summed E-state index contributed by atoms with van der Waals surface area (Å²) >= 11 is 0. The molecular formula is C14H25NO3. The van der Waals surface area contributed by atoms with E-state index in [1.54, 1.807) is 20.8 Å². The lowest BCUT2D eigenvalue weighted by atomic mass is 9.80. The van der Waals surface area contributed by atoms with Crippen LogP contribution in [0.3, 0.4) is 0 Å². The predicted molar refractivity (Wildman–Crippen MR) is 70.2 cm³/mol. The molecule has 1 fully saturated rings. The molecule has 0 aromatic rings. The van der Waals surface area contributed by atoms with E-state index in [2.05, 4.69) is 12.2 Å². The van der Waals surface area contributed by atoms with Crippen LogP contribution in [0, 0.1) is 16.7 Å². The van der Waals surface area contributed by atoms with Gasteiger partial charge in [-0.1, -0.05) is 34.1 Å². The van der Waals surface area contributed by atoms with Crippen LogP contribution in [0.2, 0.25) is 0 Å². The largest absolute Gasteiger partial charge is 0.481 e. The summed E-state index contributed by atoms with van der Waals surface area (Å²) in [7, 11) is 0. The third-order valence-electron chi connectivity index (χ3n) is 3.75. The molecule has 4 heteroatoms. The molecule has 1 unspecified atom stereocenters. The first-order chi connectivity index (χ1) is 8.22. The minimum absolute atomic E-state index is 0.255. The monoisotopic (exact) mass is 255 g/mol. The van der Waals surface area contributed by atoms with Crippen LogP contribution in [0.1, 0.15) is 53.4 Å². The van der Waals surface area contributed by atoms with E-state index in [9.17, 15) is 9.59 Å². The maximum Gasteiger partial charge on any atom is 0.316 e. The number of carbonyl (C=O) groups is 2. The van der Waals surface area contributed by atoms with Crippen LogP contribution >= 0.6 is 0 Å². The molecule has 1 aliphatic carbocycles. The minimum atomic E-state index is -1.04. The maximum absolute atomic E-state index is 12.0. The van der Waals surface area contributed by atoms with Crippen LogP contribution in [0.25, 0.3) is 0 Å². The van der Waals surface area contributed by atoms with Gasteiger partial charge in [0.05, 0.1) is 0 Å². The van der Waals surface area contributed by atoms with Crippen molar-refractivity contribution >= 4 is 11.9 Å². The standard InChI is InChI=1S/C14H25NO3/c1-5-6-14(7-8-14)9-15-11(16)10(12(17)18)13(2,3)4/h10H,5-9H2,1-4H3,(H,15,16)(H,17,18). The van der Waals surface area contributed by atoms with E-state index < -0.39 is 17.3 Å². The highest BCUT2D eigenvalue weighted by Crippen LogP contribution is 2.49. The summed E-state index contributed by atoms with van der Waals surface area (Å²) in [6, 6.07) is 0. The van der Waals surface area contributed by atoms with E-state index in [4.69, 9.17) is 5.11 Å². The molecule has 0 aromatic heterocycles. The summed E-state index contributed by atoms with van der Waals surface area (Å²) < 4.78 is 0. The molecule has 0 aromatic carbocycles. The molecule has 0 bridgehead atoms. The Morgan fingerprint density at radius 1 is 1.33 bits per heavy atom. The van der Waals surface area contributed by atoms with Crippen LogP contribution in [-0.2, 0) is 9.59 Å². The topological polar surface area (TPSA) is 66.4 Å². The van der Waals surface area contributed by atoms with Crippen LogP contribution in [0.4, 0.5) is 0 Å². The van der Waals surface area contributed by atoms with Gasteiger partial charge in [0.1, 0.15) is 5.92 Å². The van der Waals surface area contributed by atoms with E-state index in [1.165, 1.54) is 0 Å². The molecule has 1 aliphatic rings. The molecule has 2 N–H and O–H groups in total. The Kier molecular flexibility index (Phi) is 4.41. The summed E-state index contributed by atoms with van der Waals surface area (Å²) in [6.07, 6.45) is 4.51. The smallest absolute Gasteiger partial charge is 0.316 e. The average Bonchev–Trinajstić information content (AvgIpc) is 2.93. The van der Waals surface area contributed by atoms with Crippen molar-refractivity contribution in [2.75, 3.05) is 6.54 Å². The van der Waals surface area contributed by atoms with Gasteiger partial charge in [0.2, 0.25) is 5.91 Å². The molecule has 18 heavy (non-hydrogen) atoms. The lowest BCUT2D eigenvalue weighted by molar-refractivity contribution is -0.151. The Morgan fingerprint density at radius 3 is 2.22 bits per heavy atom. The molecule has 1 saturated carbocycles. The molecule has 1 rings (SSSR count). The van der Waals surface area contributed by atoms with Crippen molar-refractivity contribution in [1.29, 1.82) is 0 Å². The quantitative estimate of drug-likeness (QED) is 0.716. The molecule has 0 heterocycles. The summed E-state index contributed by atoms with van der Waals surface area (Å²) in [5.41, 5.74) is -0.303. The molecule has 0 aliphatic heterocycles. The normalized spacial score (nSPS) is 19.1. The number of hydrogen-bond acceptors (Lipinski definition) is 2. The molecule has 0 spiro atoms. The Balaban J connectivity index is 2.56. The van der Waals surface area contributed by atoms with Crippen molar-refractivity contribution in [3.8, 4) is 0 Å². The lowest BCUT2D eigenvalue weighted by Gasteiger charge is -2.27. The zero-order chi connectivity index (χ0) is 14.0. The van der Waals surface area contributed by atoms with Crippen LogP contribution in [0.15, 0.2) is 0 Å². The SMILES string of the molecule is CCCC1(CNC(=O)C(C(=O)O)C(C)(C)C)CC1. The zero-order valence-corrected chi connectivity index (χ0v) is 11.9. The molecule has 104 valence electrons. The molecule has 1 atom stereocenters. The highest BCUT2D eigenvalue weighted by atomic mass is 16.4. The molecular weight excluding hydrogens is 230 g/mol. The first-order valence-corrected chi connectivity index (χ1v) is 6.72. The maximum atomic E-state index is 12.0. The van der Waals surface area contributed by atoms with Gasteiger partial charge < -0.3 is 10.4 Å². The van der Waals surface area contributed by atoms with Gasteiger partial charge in [0.25, 0.3) is 0 Å². The number of carbonyl (C=O) groups excluding carboxylic acids is 1. The zero-order valence-electron chi connectivity index (χ0n) is 11.9. The van der Waals surface area contributed by atoms with Crippen LogP contribution in [-0.4, -0.2) is 23.5 Å². The van der Waals surface area contributed by atoms with Crippen LogP contribution < -0.4 is 5.32 Å². The number of carboxylic acid groups (broad SMARTS) is 1. The van der Waals surface area contributed by atoms with Gasteiger partial charge in [-0.15, -0.1) is 0 Å². The predicted octanol–water partition coefficient (Wildman–Crippen LogP) is 2.43. The van der Waals surface area contributed by atoms with E-state index in [0.717, 1.165) is 25.7 Å². The molecule has 0 saturated heterocycles. The van der Waals surface area contributed by atoms with Gasteiger partial charge in [0, 0.05) is 6.54 Å². The second-order valence-electron chi connectivity index (χ2n) is 6.61. The highest BCUT2D eigenvalue weighted by molar-refractivity contribution is 5.97.